The first-order valence-corrected chi connectivity index (χ1v) is 6.99. The minimum atomic E-state index is -0.854. The van der Waals surface area contributed by atoms with Gasteiger partial charge in [0.05, 0.1) is 12.6 Å². The molecule has 0 aromatic heterocycles. The molecule has 1 amide bonds. The molecule has 1 aromatic carbocycles. The fourth-order valence-electron chi connectivity index (χ4n) is 3.08. The van der Waals surface area contributed by atoms with Crippen molar-refractivity contribution in [2.45, 2.75) is 31.7 Å². The van der Waals surface area contributed by atoms with Crippen molar-refractivity contribution >= 4 is 17.7 Å². The fraction of sp³-hybridized carbons (Fsp3) is 0.500. The quantitative estimate of drug-likeness (QED) is 0.857. The van der Waals surface area contributed by atoms with Crippen LogP contribution in [0, 0.1) is 0 Å². The van der Waals surface area contributed by atoms with Crippen LogP contribution in [-0.4, -0.2) is 29.3 Å². The topological polar surface area (TPSA) is 49.8 Å². The van der Waals surface area contributed by atoms with Crippen molar-refractivity contribution in [1.29, 1.82) is 0 Å². The smallest absolute Gasteiger partial charge is 0.407 e. The second-order valence-electron chi connectivity index (χ2n) is 5.06. The SMILES string of the molecule is O=C(O)N1CCCC1c1cc(Cl)cc2c1CCCO2. The molecular formula is C14H16ClNO3. The molecule has 1 atom stereocenters. The number of carboxylic acid groups (broad SMARTS) is 1. The fourth-order valence-corrected chi connectivity index (χ4v) is 3.29. The highest BCUT2D eigenvalue weighted by molar-refractivity contribution is 6.30. The molecule has 1 N–H and O–H groups in total. The summed E-state index contributed by atoms with van der Waals surface area (Å²) in [6, 6.07) is 3.66. The summed E-state index contributed by atoms with van der Waals surface area (Å²) in [4.78, 5) is 12.8. The number of rotatable bonds is 1. The lowest BCUT2D eigenvalue weighted by Crippen LogP contribution is -2.29. The van der Waals surface area contributed by atoms with Crippen LogP contribution in [-0.2, 0) is 6.42 Å². The van der Waals surface area contributed by atoms with Crippen molar-refractivity contribution < 1.29 is 14.6 Å². The number of hydrogen-bond acceptors (Lipinski definition) is 2. The van der Waals surface area contributed by atoms with Crippen LogP contribution in [0.15, 0.2) is 12.1 Å². The Hall–Kier alpha value is -1.42. The molecule has 102 valence electrons. The Kier molecular flexibility index (Phi) is 3.27. The first kappa shape index (κ1) is 12.6. The molecule has 0 spiro atoms. The zero-order valence-electron chi connectivity index (χ0n) is 10.6. The van der Waals surface area contributed by atoms with Gasteiger partial charge in [-0.05, 0) is 48.9 Å². The molecule has 0 bridgehead atoms. The molecule has 0 saturated carbocycles. The van der Waals surface area contributed by atoms with E-state index in [4.69, 9.17) is 16.3 Å². The van der Waals surface area contributed by atoms with Gasteiger partial charge in [0.25, 0.3) is 0 Å². The third-order valence-corrected chi connectivity index (χ3v) is 4.11. The van der Waals surface area contributed by atoms with Gasteiger partial charge in [0.2, 0.25) is 0 Å². The summed E-state index contributed by atoms with van der Waals surface area (Å²) in [7, 11) is 0. The number of halogens is 1. The summed E-state index contributed by atoms with van der Waals surface area (Å²) in [5.74, 6) is 0.825. The zero-order valence-corrected chi connectivity index (χ0v) is 11.3. The average Bonchev–Trinajstić information content (AvgIpc) is 2.86. The number of carbonyl (C=O) groups is 1. The molecule has 2 aliphatic rings. The van der Waals surface area contributed by atoms with Gasteiger partial charge in [-0.2, -0.15) is 0 Å². The number of fused-ring (bicyclic) bond motifs is 1. The molecule has 1 saturated heterocycles. The molecule has 0 aliphatic carbocycles. The highest BCUT2D eigenvalue weighted by Gasteiger charge is 2.32. The lowest BCUT2D eigenvalue weighted by Gasteiger charge is -2.27. The first-order valence-electron chi connectivity index (χ1n) is 6.61. The van der Waals surface area contributed by atoms with Gasteiger partial charge in [-0.1, -0.05) is 11.6 Å². The van der Waals surface area contributed by atoms with Gasteiger partial charge in [-0.15, -0.1) is 0 Å². The summed E-state index contributed by atoms with van der Waals surface area (Å²) in [5.41, 5.74) is 2.16. The second kappa shape index (κ2) is 4.93. The molecular weight excluding hydrogens is 266 g/mol. The van der Waals surface area contributed by atoms with Crippen molar-refractivity contribution in [3.05, 3.63) is 28.3 Å². The average molecular weight is 282 g/mol. The Morgan fingerprint density at radius 2 is 2.26 bits per heavy atom. The van der Waals surface area contributed by atoms with E-state index >= 15 is 0 Å². The van der Waals surface area contributed by atoms with Crippen molar-refractivity contribution in [1.82, 2.24) is 4.90 Å². The summed E-state index contributed by atoms with van der Waals surface area (Å²) >= 11 is 6.14. The molecule has 19 heavy (non-hydrogen) atoms. The minimum absolute atomic E-state index is 0.0772. The second-order valence-corrected chi connectivity index (χ2v) is 5.49. The van der Waals surface area contributed by atoms with Crippen LogP contribution in [0.3, 0.4) is 0 Å². The van der Waals surface area contributed by atoms with Gasteiger partial charge in [0, 0.05) is 11.6 Å². The normalized spacial score (nSPS) is 21.9. The first-order chi connectivity index (χ1) is 9.16. The van der Waals surface area contributed by atoms with Gasteiger partial charge in [-0.3, -0.25) is 0 Å². The van der Waals surface area contributed by atoms with Crippen LogP contribution in [0.2, 0.25) is 5.02 Å². The third-order valence-electron chi connectivity index (χ3n) is 3.89. The molecule has 1 unspecified atom stereocenters. The van der Waals surface area contributed by atoms with Gasteiger partial charge in [0.15, 0.2) is 0 Å². The van der Waals surface area contributed by atoms with Crippen molar-refractivity contribution in [3.63, 3.8) is 0 Å². The maximum Gasteiger partial charge on any atom is 0.407 e. The molecule has 3 rings (SSSR count). The van der Waals surface area contributed by atoms with E-state index in [1.54, 1.807) is 0 Å². The third kappa shape index (κ3) is 2.25. The number of likely N-dealkylation sites (tertiary alicyclic amines) is 1. The van der Waals surface area contributed by atoms with E-state index in [-0.39, 0.29) is 6.04 Å². The van der Waals surface area contributed by atoms with Crippen LogP contribution in [0.1, 0.15) is 36.4 Å². The number of nitrogens with zero attached hydrogens (tertiary/aromatic N) is 1. The van der Waals surface area contributed by atoms with Gasteiger partial charge in [0.1, 0.15) is 5.75 Å². The molecule has 2 aliphatic heterocycles. The summed E-state index contributed by atoms with van der Waals surface area (Å²) < 4.78 is 5.65. The Balaban J connectivity index is 2.04. The van der Waals surface area contributed by atoms with E-state index in [9.17, 15) is 9.90 Å². The van der Waals surface area contributed by atoms with Crippen LogP contribution in [0.5, 0.6) is 5.75 Å². The van der Waals surface area contributed by atoms with Crippen molar-refractivity contribution in [3.8, 4) is 5.75 Å². The largest absolute Gasteiger partial charge is 0.493 e. The minimum Gasteiger partial charge on any atom is -0.493 e. The number of benzene rings is 1. The molecule has 0 radical (unpaired) electrons. The maximum absolute atomic E-state index is 11.3. The molecule has 4 nitrogen and oxygen atoms in total. The molecule has 1 aromatic rings. The van der Waals surface area contributed by atoms with Crippen LogP contribution in [0.25, 0.3) is 0 Å². The van der Waals surface area contributed by atoms with E-state index in [0.717, 1.165) is 42.6 Å². The molecule has 1 fully saturated rings. The highest BCUT2D eigenvalue weighted by atomic mass is 35.5. The van der Waals surface area contributed by atoms with E-state index in [1.165, 1.54) is 4.90 Å². The molecule has 5 heteroatoms. The Morgan fingerprint density at radius 3 is 3.05 bits per heavy atom. The number of hydrogen-bond donors (Lipinski definition) is 1. The predicted molar refractivity (Wildman–Crippen MR) is 72.0 cm³/mol. The van der Waals surface area contributed by atoms with Crippen LogP contribution < -0.4 is 4.74 Å². The van der Waals surface area contributed by atoms with E-state index < -0.39 is 6.09 Å². The van der Waals surface area contributed by atoms with E-state index in [2.05, 4.69) is 0 Å². The van der Waals surface area contributed by atoms with Gasteiger partial charge in [-0.25, -0.2) is 4.79 Å². The Labute approximate surface area is 116 Å². The van der Waals surface area contributed by atoms with Crippen molar-refractivity contribution in [2.75, 3.05) is 13.2 Å². The Morgan fingerprint density at radius 1 is 1.42 bits per heavy atom. The highest BCUT2D eigenvalue weighted by Crippen LogP contribution is 2.40. The zero-order chi connectivity index (χ0) is 13.4. The number of ether oxygens (including phenoxy) is 1. The number of amides is 1. The molecule has 2 heterocycles. The van der Waals surface area contributed by atoms with E-state index in [0.29, 0.717) is 18.2 Å². The summed E-state index contributed by atoms with van der Waals surface area (Å²) in [6.45, 7) is 1.31. The lowest BCUT2D eigenvalue weighted by atomic mass is 9.93. The van der Waals surface area contributed by atoms with Crippen LogP contribution >= 0.6 is 11.6 Å². The maximum atomic E-state index is 11.3. The standard InChI is InChI=1S/C14H16ClNO3/c15-9-7-11(10-3-2-6-19-13(10)8-9)12-4-1-5-16(12)14(17)18/h7-8,12H,1-6H2,(H,17,18). The summed E-state index contributed by atoms with van der Waals surface area (Å²) in [5, 5.41) is 9.90. The van der Waals surface area contributed by atoms with E-state index in [1.807, 2.05) is 12.1 Å². The van der Waals surface area contributed by atoms with Crippen molar-refractivity contribution in [2.24, 2.45) is 0 Å². The van der Waals surface area contributed by atoms with Gasteiger partial charge < -0.3 is 14.7 Å². The van der Waals surface area contributed by atoms with Gasteiger partial charge >= 0.3 is 6.09 Å². The monoisotopic (exact) mass is 281 g/mol. The summed E-state index contributed by atoms with van der Waals surface area (Å²) in [6.07, 6.45) is 2.82. The predicted octanol–water partition coefficient (Wildman–Crippen LogP) is 3.48. The lowest BCUT2D eigenvalue weighted by molar-refractivity contribution is 0.140. The Bertz CT molecular complexity index is 518. The van der Waals surface area contributed by atoms with Crippen LogP contribution in [0.4, 0.5) is 4.79 Å².